The maximum Gasteiger partial charge on any atom is 0.122 e. The molecule has 1 N–H and O–H groups in total. The van der Waals surface area contributed by atoms with Gasteiger partial charge in [0.15, 0.2) is 0 Å². The Morgan fingerprint density at radius 3 is 2.79 bits per heavy atom. The second kappa shape index (κ2) is 8.76. The Bertz CT molecular complexity index is 385. The van der Waals surface area contributed by atoms with Crippen LogP contribution in [-0.4, -0.2) is 19.7 Å². The molecular weight excluding hydrogens is 234 g/mol. The van der Waals surface area contributed by atoms with E-state index >= 15 is 0 Å². The van der Waals surface area contributed by atoms with Crippen molar-refractivity contribution in [3.8, 4) is 5.75 Å². The number of nitrogens with one attached hydrogen (secondary N) is 1. The third kappa shape index (κ3) is 5.93. The molecule has 0 aliphatic carbocycles. The average Bonchev–Trinajstić information content (AvgIpc) is 2.37. The number of aryl methyl sites for hydroxylation is 1. The summed E-state index contributed by atoms with van der Waals surface area (Å²) in [5, 5.41) is 3.30. The Labute approximate surface area is 117 Å². The highest BCUT2D eigenvalue weighted by Gasteiger charge is 2.07. The minimum Gasteiger partial charge on any atom is -0.493 e. The Morgan fingerprint density at radius 1 is 1.32 bits per heavy atom. The molecule has 0 bridgehead atoms. The van der Waals surface area contributed by atoms with Crippen molar-refractivity contribution in [3.05, 3.63) is 42.0 Å². The van der Waals surface area contributed by atoms with E-state index in [1.54, 1.807) is 0 Å². The largest absolute Gasteiger partial charge is 0.493 e. The van der Waals surface area contributed by atoms with Crippen LogP contribution in [0.25, 0.3) is 0 Å². The highest BCUT2D eigenvalue weighted by molar-refractivity contribution is 5.39. The monoisotopic (exact) mass is 261 g/mol. The molecule has 0 aliphatic heterocycles. The van der Waals surface area contributed by atoms with Gasteiger partial charge < -0.3 is 10.1 Å². The lowest BCUT2D eigenvalue weighted by atomic mass is 10.0. The molecule has 0 saturated carbocycles. The third-order valence-corrected chi connectivity index (χ3v) is 3.09. The van der Waals surface area contributed by atoms with Crippen molar-refractivity contribution in [2.75, 3.05) is 19.7 Å². The van der Waals surface area contributed by atoms with E-state index in [2.05, 4.69) is 50.9 Å². The van der Waals surface area contributed by atoms with Gasteiger partial charge in [0.2, 0.25) is 0 Å². The molecule has 0 amide bonds. The molecule has 0 radical (unpaired) electrons. The highest BCUT2D eigenvalue weighted by atomic mass is 16.5. The van der Waals surface area contributed by atoms with Crippen molar-refractivity contribution < 1.29 is 4.74 Å². The topological polar surface area (TPSA) is 21.3 Å². The van der Waals surface area contributed by atoms with E-state index in [1.165, 1.54) is 11.1 Å². The van der Waals surface area contributed by atoms with E-state index in [0.29, 0.717) is 5.92 Å². The molecule has 0 aromatic heterocycles. The van der Waals surface area contributed by atoms with Gasteiger partial charge in [-0.05, 0) is 49.4 Å². The van der Waals surface area contributed by atoms with Gasteiger partial charge in [0.05, 0.1) is 6.61 Å². The molecule has 1 aromatic carbocycles. The number of rotatable bonds is 9. The normalized spacial score (nSPS) is 10.7. The molecule has 2 heteroatoms. The smallest absolute Gasteiger partial charge is 0.122 e. The van der Waals surface area contributed by atoms with Crippen molar-refractivity contribution in [3.63, 3.8) is 0 Å². The summed E-state index contributed by atoms with van der Waals surface area (Å²) >= 11 is 0. The predicted molar refractivity (Wildman–Crippen MR) is 83.1 cm³/mol. The first-order valence-electron chi connectivity index (χ1n) is 7.20. The molecule has 0 aliphatic rings. The van der Waals surface area contributed by atoms with Crippen molar-refractivity contribution in [2.45, 2.75) is 39.5 Å². The summed E-state index contributed by atoms with van der Waals surface area (Å²) in [6.07, 6.45) is 4.10. The highest BCUT2D eigenvalue weighted by Crippen LogP contribution is 2.27. The zero-order valence-electron chi connectivity index (χ0n) is 12.5. The zero-order valence-corrected chi connectivity index (χ0v) is 12.5. The minimum atomic E-state index is 0.504. The van der Waals surface area contributed by atoms with Crippen LogP contribution < -0.4 is 10.1 Å². The number of ether oxygens (including phenoxy) is 1. The predicted octanol–water partition coefficient (Wildman–Crippen LogP) is 4.05. The summed E-state index contributed by atoms with van der Waals surface area (Å²) in [4.78, 5) is 0. The summed E-state index contributed by atoms with van der Waals surface area (Å²) in [7, 11) is 0. The molecule has 0 heterocycles. The Kier molecular flexibility index (Phi) is 7.27. The first kappa shape index (κ1) is 15.8. The van der Waals surface area contributed by atoms with Gasteiger partial charge in [0, 0.05) is 6.54 Å². The van der Waals surface area contributed by atoms with Crippen molar-refractivity contribution in [1.29, 1.82) is 0 Å². The fourth-order valence-corrected chi connectivity index (χ4v) is 1.98. The maximum absolute atomic E-state index is 5.94. The molecule has 0 fully saturated rings. The SMILES string of the molecule is C=CCNCCCCOc1cc(C)ccc1C(C)C. The van der Waals surface area contributed by atoms with Gasteiger partial charge in [-0.15, -0.1) is 6.58 Å². The molecular formula is C17H27NO. The molecule has 2 nitrogen and oxygen atoms in total. The fourth-order valence-electron chi connectivity index (χ4n) is 1.98. The van der Waals surface area contributed by atoms with Gasteiger partial charge in [-0.1, -0.05) is 32.1 Å². The van der Waals surface area contributed by atoms with Crippen LogP contribution in [0.4, 0.5) is 0 Å². The van der Waals surface area contributed by atoms with E-state index in [4.69, 9.17) is 4.74 Å². The van der Waals surface area contributed by atoms with Gasteiger partial charge >= 0.3 is 0 Å². The first-order valence-corrected chi connectivity index (χ1v) is 7.20. The van der Waals surface area contributed by atoms with Crippen LogP contribution in [0.15, 0.2) is 30.9 Å². The summed E-state index contributed by atoms with van der Waals surface area (Å²) < 4.78 is 5.94. The van der Waals surface area contributed by atoms with E-state index < -0.39 is 0 Å². The van der Waals surface area contributed by atoms with Crippen LogP contribution in [0.5, 0.6) is 5.75 Å². The number of hydrogen-bond donors (Lipinski definition) is 1. The summed E-state index contributed by atoms with van der Waals surface area (Å²) in [6, 6.07) is 6.48. The van der Waals surface area contributed by atoms with Crippen LogP contribution in [0.2, 0.25) is 0 Å². The van der Waals surface area contributed by atoms with Crippen molar-refractivity contribution in [2.24, 2.45) is 0 Å². The third-order valence-electron chi connectivity index (χ3n) is 3.09. The Hall–Kier alpha value is -1.28. The van der Waals surface area contributed by atoms with Crippen LogP contribution in [0.1, 0.15) is 43.7 Å². The van der Waals surface area contributed by atoms with Gasteiger partial charge in [0.25, 0.3) is 0 Å². The van der Waals surface area contributed by atoms with E-state index in [0.717, 1.165) is 38.3 Å². The lowest BCUT2D eigenvalue weighted by Gasteiger charge is -2.14. The number of benzene rings is 1. The minimum absolute atomic E-state index is 0.504. The molecule has 0 saturated heterocycles. The average molecular weight is 261 g/mol. The quantitative estimate of drug-likeness (QED) is 0.535. The van der Waals surface area contributed by atoms with E-state index in [-0.39, 0.29) is 0 Å². The standard InChI is InChI=1S/C17H27NO/c1-5-10-18-11-6-7-12-19-17-13-15(4)8-9-16(17)14(2)3/h5,8-9,13-14,18H,1,6-7,10-12H2,2-4H3. The number of hydrogen-bond acceptors (Lipinski definition) is 2. The molecule has 1 aromatic rings. The molecule has 1 rings (SSSR count). The van der Waals surface area contributed by atoms with Crippen LogP contribution in [-0.2, 0) is 0 Å². The molecule has 0 unspecified atom stereocenters. The van der Waals surface area contributed by atoms with Gasteiger partial charge in [-0.2, -0.15) is 0 Å². The van der Waals surface area contributed by atoms with E-state index in [1.807, 2.05) is 6.08 Å². The lowest BCUT2D eigenvalue weighted by molar-refractivity contribution is 0.302. The van der Waals surface area contributed by atoms with Crippen LogP contribution in [0.3, 0.4) is 0 Å². The fraction of sp³-hybridized carbons (Fsp3) is 0.529. The van der Waals surface area contributed by atoms with Gasteiger partial charge in [0.1, 0.15) is 5.75 Å². The van der Waals surface area contributed by atoms with Crippen LogP contribution in [0, 0.1) is 6.92 Å². The second-order valence-corrected chi connectivity index (χ2v) is 5.24. The van der Waals surface area contributed by atoms with Crippen molar-refractivity contribution >= 4 is 0 Å². The summed E-state index contributed by atoms with van der Waals surface area (Å²) in [6.45, 7) is 12.9. The lowest BCUT2D eigenvalue weighted by Crippen LogP contribution is -2.15. The second-order valence-electron chi connectivity index (χ2n) is 5.24. The Morgan fingerprint density at radius 2 is 2.11 bits per heavy atom. The first-order chi connectivity index (χ1) is 9.15. The summed E-state index contributed by atoms with van der Waals surface area (Å²) in [5.74, 6) is 1.55. The van der Waals surface area contributed by atoms with Crippen LogP contribution >= 0.6 is 0 Å². The van der Waals surface area contributed by atoms with E-state index in [9.17, 15) is 0 Å². The van der Waals surface area contributed by atoms with Crippen molar-refractivity contribution in [1.82, 2.24) is 5.32 Å². The maximum atomic E-state index is 5.94. The molecule has 106 valence electrons. The molecule has 19 heavy (non-hydrogen) atoms. The summed E-state index contributed by atoms with van der Waals surface area (Å²) in [5.41, 5.74) is 2.56. The molecule has 0 atom stereocenters. The van der Waals surface area contributed by atoms with Gasteiger partial charge in [-0.25, -0.2) is 0 Å². The van der Waals surface area contributed by atoms with Gasteiger partial charge in [-0.3, -0.25) is 0 Å². The number of unbranched alkanes of at least 4 members (excludes halogenated alkanes) is 1. The molecule has 0 spiro atoms. The zero-order chi connectivity index (χ0) is 14.1. The Balaban J connectivity index is 2.36.